The SMILES string of the molecule is COc1ccc(C[C@H]2COC3CCCC(=O)N32)cc1OC. The van der Waals surface area contributed by atoms with Crippen molar-refractivity contribution in [3.8, 4) is 11.5 Å². The van der Waals surface area contributed by atoms with Crippen LogP contribution in [0.4, 0.5) is 0 Å². The third kappa shape index (κ3) is 2.70. The number of hydrogen-bond acceptors (Lipinski definition) is 4. The van der Waals surface area contributed by atoms with Crippen LogP contribution in [-0.2, 0) is 16.0 Å². The highest BCUT2D eigenvalue weighted by molar-refractivity contribution is 5.77. The molecule has 2 aliphatic heterocycles. The third-order valence-electron chi connectivity index (χ3n) is 4.23. The monoisotopic (exact) mass is 291 g/mol. The first-order valence-corrected chi connectivity index (χ1v) is 7.36. The van der Waals surface area contributed by atoms with E-state index in [1.165, 1.54) is 0 Å². The van der Waals surface area contributed by atoms with Gasteiger partial charge in [-0.15, -0.1) is 0 Å². The van der Waals surface area contributed by atoms with Gasteiger partial charge in [0, 0.05) is 6.42 Å². The number of benzene rings is 1. The second-order valence-electron chi connectivity index (χ2n) is 5.53. The normalized spacial score (nSPS) is 24.9. The van der Waals surface area contributed by atoms with Crippen LogP contribution in [-0.4, -0.2) is 43.9 Å². The smallest absolute Gasteiger partial charge is 0.224 e. The molecule has 0 radical (unpaired) electrons. The first-order chi connectivity index (χ1) is 10.2. The summed E-state index contributed by atoms with van der Waals surface area (Å²) < 4.78 is 16.3. The van der Waals surface area contributed by atoms with Gasteiger partial charge in [-0.05, 0) is 37.0 Å². The van der Waals surface area contributed by atoms with Gasteiger partial charge in [-0.25, -0.2) is 0 Å². The molecule has 0 aliphatic carbocycles. The first-order valence-electron chi connectivity index (χ1n) is 7.36. The molecule has 2 saturated heterocycles. The van der Waals surface area contributed by atoms with E-state index in [2.05, 4.69) is 0 Å². The summed E-state index contributed by atoms with van der Waals surface area (Å²) in [4.78, 5) is 14.0. The van der Waals surface area contributed by atoms with Crippen LogP contribution < -0.4 is 9.47 Å². The fraction of sp³-hybridized carbons (Fsp3) is 0.562. The molecule has 0 spiro atoms. The zero-order valence-electron chi connectivity index (χ0n) is 12.5. The minimum absolute atomic E-state index is 0.0172. The maximum absolute atomic E-state index is 12.1. The van der Waals surface area contributed by atoms with Crippen LogP contribution in [0.1, 0.15) is 24.8 Å². The van der Waals surface area contributed by atoms with Crippen LogP contribution in [0.15, 0.2) is 18.2 Å². The summed E-state index contributed by atoms with van der Waals surface area (Å²) in [6.07, 6.45) is 3.29. The van der Waals surface area contributed by atoms with Crippen LogP contribution in [0.25, 0.3) is 0 Å². The van der Waals surface area contributed by atoms with E-state index < -0.39 is 0 Å². The van der Waals surface area contributed by atoms with Crippen molar-refractivity contribution in [3.05, 3.63) is 23.8 Å². The molecule has 2 heterocycles. The Balaban J connectivity index is 1.76. The fourth-order valence-corrected chi connectivity index (χ4v) is 3.20. The Kier molecular flexibility index (Phi) is 4.01. The van der Waals surface area contributed by atoms with Crippen LogP contribution in [0, 0.1) is 0 Å². The summed E-state index contributed by atoms with van der Waals surface area (Å²) in [5.74, 6) is 1.65. The Morgan fingerprint density at radius 3 is 2.86 bits per heavy atom. The second kappa shape index (κ2) is 5.93. The molecule has 1 aromatic rings. The number of fused-ring (bicyclic) bond motifs is 1. The van der Waals surface area contributed by atoms with Crippen LogP contribution in [0.3, 0.4) is 0 Å². The second-order valence-corrected chi connectivity index (χ2v) is 5.53. The zero-order valence-corrected chi connectivity index (χ0v) is 12.5. The molecule has 1 unspecified atom stereocenters. The molecule has 3 rings (SSSR count). The summed E-state index contributed by atoms with van der Waals surface area (Å²) in [5.41, 5.74) is 1.13. The molecule has 0 bridgehead atoms. The van der Waals surface area contributed by atoms with Crippen molar-refractivity contribution in [1.29, 1.82) is 0 Å². The van der Waals surface area contributed by atoms with Crippen molar-refractivity contribution in [1.82, 2.24) is 4.90 Å². The third-order valence-corrected chi connectivity index (χ3v) is 4.23. The van der Waals surface area contributed by atoms with E-state index in [0.717, 1.165) is 36.3 Å². The highest BCUT2D eigenvalue weighted by Crippen LogP contribution is 2.32. The number of rotatable bonds is 4. The quantitative estimate of drug-likeness (QED) is 0.851. The lowest BCUT2D eigenvalue weighted by Crippen LogP contribution is -2.45. The number of nitrogens with zero attached hydrogens (tertiary/aromatic N) is 1. The molecule has 0 aromatic heterocycles. The van der Waals surface area contributed by atoms with Gasteiger partial charge in [-0.2, -0.15) is 0 Å². The number of amides is 1. The summed E-state index contributed by atoms with van der Waals surface area (Å²) in [5, 5.41) is 0. The van der Waals surface area contributed by atoms with Crippen LogP contribution in [0.5, 0.6) is 11.5 Å². The van der Waals surface area contributed by atoms with Crippen molar-refractivity contribution in [2.45, 2.75) is 38.0 Å². The minimum atomic E-state index is -0.0172. The molecule has 2 aliphatic rings. The minimum Gasteiger partial charge on any atom is -0.493 e. The van der Waals surface area contributed by atoms with Crippen LogP contribution >= 0.6 is 0 Å². The van der Waals surface area contributed by atoms with Gasteiger partial charge in [0.05, 0.1) is 26.9 Å². The molecule has 5 nitrogen and oxygen atoms in total. The van der Waals surface area contributed by atoms with Gasteiger partial charge < -0.3 is 19.1 Å². The molecule has 114 valence electrons. The summed E-state index contributed by atoms with van der Waals surface area (Å²) in [6, 6.07) is 6.02. The summed E-state index contributed by atoms with van der Waals surface area (Å²) >= 11 is 0. The molecule has 0 saturated carbocycles. The molecule has 0 N–H and O–H groups in total. The number of carbonyl (C=O) groups is 1. The van der Waals surface area contributed by atoms with Gasteiger partial charge in [0.2, 0.25) is 5.91 Å². The molecule has 21 heavy (non-hydrogen) atoms. The Bertz CT molecular complexity index is 531. The van der Waals surface area contributed by atoms with Crippen molar-refractivity contribution in [2.24, 2.45) is 0 Å². The topological polar surface area (TPSA) is 48.0 Å². The Morgan fingerprint density at radius 2 is 2.10 bits per heavy atom. The van der Waals surface area contributed by atoms with E-state index >= 15 is 0 Å². The molecule has 2 atom stereocenters. The van der Waals surface area contributed by atoms with Gasteiger partial charge in [-0.1, -0.05) is 6.07 Å². The number of piperidine rings is 1. The predicted molar refractivity (Wildman–Crippen MR) is 77.5 cm³/mol. The van der Waals surface area contributed by atoms with E-state index in [1.807, 2.05) is 23.1 Å². The lowest BCUT2D eigenvalue weighted by atomic mass is 10.0. The van der Waals surface area contributed by atoms with Gasteiger partial charge in [0.15, 0.2) is 11.5 Å². The summed E-state index contributed by atoms with van der Waals surface area (Å²) in [6.45, 7) is 0.616. The summed E-state index contributed by atoms with van der Waals surface area (Å²) in [7, 11) is 3.25. The Hall–Kier alpha value is -1.75. The van der Waals surface area contributed by atoms with Crippen LogP contribution in [0.2, 0.25) is 0 Å². The maximum Gasteiger partial charge on any atom is 0.224 e. The zero-order chi connectivity index (χ0) is 14.8. The average molecular weight is 291 g/mol. The van der Waals surface area contributed by atoms with Gasteiger partial charge in [0.25, 0.3) is 0 Å². The van der Waals surface area contributed by atoms with E-state index in [4.69, 9.17) is 14.2 Å². The van der Waals surface area contributed by atoms with E-state index in [9.17, 15) is 4.79 Å². The number of ether oxygens (including phenoxy) is 3. The molecular formula is C16H21NO4. The van der Waals surface area contributed by atoms with E-state index in [1.54, 1.807) is 14.2 Å². The van der Waals surface area contributed by atoms with Crippen molar-refractivity contribution in [3.63, 3.8) is 0 Å². The lowest BCUT2D eigenvalue weighted by molar-refractivity contribution is -0.142. The largest absolute Gasteiger partial charge is 0.493 e. The van der Waals surface area contributed by atoms with Gasteiger partial charge in [0.1, 0.15) is 6.23 Å². The lowest BCUT2D eigenvalue weighted by Gasteiger charge is -2.32. The van der Waals surface area contributed by atoms with Gasteiger partial charge >= 0.3 is 0 Å². The van der Waals surface area contributed by atoms with Crippen molar-refractivity contribution in [2.75, 3.05) is 20.8 Å². The number of methoxy groups -OCH3 is 2. The first kappa shape index (κ1) is 14.2. The standard InChI is InChI=1S/C16H21NO4/c1-19-13-7-6-11(9-14(13)20-2)8-12-10-21-16-5-3-4-15(18)17(12)16/h6-7,9,12,16H,3-5,8,10H2,1-2H3/t12-,16?/m0/s1. The molecule has 2 fully saturated rings. The van der Waals surface area contributed by atoms with Crippen molar-refractivity contribution < 1.29 is 19.0 Å². The molecular weight excluding hydrogens is 270 g/mol. The van der Waals surface area contributed by atoms with E-state index in [0.29, 0.717) is 13.0 Å². The van der Waals surface area contributed by atoms with E-state index in [-0.39, 0.29) is 18.2 Å². The van der Waals surface area contributed by atoms with Gasteiger partial charge in [-0.3, -0.25) is 4.79 Å². The predicted octanol–water partition coefficient (Wildman–Crippen LogP) is 1.98. The highest BCUT2D eigenvalue weighted by Gasteiger charge is 2.39. The Morgan fingerprint density at radius 1 is 1.29 bits per heavy atom. The highest BCUT2D eigenvalue weighted by atomic mass is 16.5. The molecule has 1 amide bonds. The molecule has 1 aromatic carbocycles. The average Bonchev–Trinajstić information content (AvgIpc) is 2.91. The number of hydrogen-bond donors (Lipinski definition) is 0. The number of carbonyl (C=O) groups excluding carboxylic acids is 1. The molecule has 5 heteroatoms. The van der Waals surface area contributed by atoms with Crippen molar-refractivity contribution >= 4 is 5.91 Å². The maximum atomic E-state index is 12.1. The fourth-order valence-electron chi connectivity index (χ4n) is 3.20. The Labute approximate surface area is 124 Å².